The summed E-state index contributed by atoms with van der Waals surface area (Å²) < 4.78 is 2.30. The highest BCUT2D eigenvalue weighted by Gasteiger charge is 1.99. The van der Waals surface area contributed by atoms with Gasteiger partial charge in [-0.05, 0) is 28.4 Å². The highest BCUT2D eigenvalue weighted by atomic mass is 127. The van der Waals surface area contributed by atoms with E-state index in [1.807, 2.05) is 12.2 Å². The van der Waals surface area contributed by atoms with Crippen LogP contribution in [-0.4, -0.2) is 17.4 Å². The van der Waals surface area contributed by atoms with E-state index >= 15 is 0 Å². The maximum atomic E-state index is 3.72. The lowest BCUT2D eigenvalue weighted by atomic mass is 10.2. The van der Waals surface area contributed by atoms with E-state index in [-0.39, 0.29) is 0 Å². The van der Waals surface area contributed by atoms with Gasteiger partial charge in [-0.3, -0.25) is 0 Å². The molecule has 0 unspecified atom stereocenters. The molecule has 0 saturated carbocycles. The quantitative estimate of drug-likeness (QED) is 0.290. The van der Waals surface area contributed by atoms with Crippen molar-refractivity contribution < 1.29 is 0 Å². The van der Waals surface area contributed by atoms with Gasteiger partial charge < -0.3 is 0 Å². The molecule has 0 fully saturated rings. The predicted molar refractivity (Wildman–Crippen MR) is 67.4 cm³/mol. The molecule has 0 radical (unpaired) electrons. The largest absolute Gasteiger partial charge is 0.238 e. The molecule has 1 nitrogen and oxygen atoms in total. The Morgan fingerprint density at radius 2 is 2.00 bits per heavy atom. The number of unbranched alkanes of at least 4 members (excludes halogenated alkanes) is 2. The number of hydrogen-bond acceptors (Lipinski definition) is 2. The molecule has 0 aromatic rings. The lowest BCUT2D eigenvalue weighted by molar-refractivity contribution is 0.498. The van der Waals surface area contributed by atoms with Gasteiger partial charge in [-0.25, -0.2) is 4.31 Å². The summed E-state index contributed by atoms with van der Waals surface area (Å²) in [7, 11) is 1.76. The molecule has 0 rings (SSSR count). The average Bonchev–Trinajstić information content (AvgIpc) is 2.10. The van der Waals surface area contributed by atoms with E-state index < -0.39 is 0 Å². The molecule has 0 N–H and O–H groups in total. The average molecular weight is 297 g/mol. The second-order valence-electron chi connectivity index (χ2n) is 2.53. The smallest absolute Gasteiger partial charge is 0.0275 e. The lowest BCUT2D eigenvalue weighted by Gasteiger charge is -2.14. The Morgan fingerprint density at radius 1 is 1.25 bits per heavy atom. The first-order valence-corrected chi connectivity index (χ1v) is 7.42. The molecule has 0 aromatic heterocycles. The van der Waals surface area contributed by atoms with Gasteiger partial charge in [-0.2, -0.15) is 0 Å². The normalized spacial score (nSPS) is 10.2. The molecule has 0 saturated heterocycles. The maximum Gasteiger partial charge on any atom is 0.0275 e. The Kier molecular flexibility index (Phi) is 10.0. The van der Waals surface area contributed by atoms with Crippen LogP contribution in [0.5, 0.6) is 0 Å². The molecule has 0 aliphatic heterocycles. The van der Waals surface area contributed by atoms with Crippen molar-refractivity contribution >= 4 is 30.3 Å². The Morgan fingerprint density at radius 3 is 2.50 bits per heavy atom. The molecule has 0 spiro atoms. The number of rotatable bonds is 8. The Labute approximate surface area is 92.0 Å². The summed E-state index contributed by atoms with van der Waals surface area (Å²) in [5, 5.41) is 0. The maximum absolute atomic E-state index is 3.72. The summed E-state index contributed by atoms with van der Waals surface area (Å²) >= 11 is 2.31. The van der Waals surface area contributed by atoms with Crippen LogP contribution in [0, 0.1) is 0 Å². The van der Waals surface area contributed by atoms with Crippen LogP contribution in [0.1, 0.15) is 19.3 Å². The monoisotopic (exact) mass is 297 g/mol. The third-order valence-corrected chi connectivity index (χ3v) is 3.69. The summed E-state index contributed by atoms with van der Waals surface area (Å²) in [6.07, 6.45) is 7.55. The molecule has 0 aromatic carbocycles. The lowest BCUT2D eigenvalue weighted by Crippen LogP contribution is -2.14. The van der Waals surface area contributed by atoms with Crippen LogP contribution in [0.2, 0.25) is 0 Å². The third-order valence-electron chi connectivity index (χ3n) is 1.50. The Bertz CT molecular complexity index is 128. The molecule has 0 aliphatic rings. The van der Waals surface area contributed by atoms with Gasteiger partial charge in [0.15, 0.2) is 0 Å². The van der Waals surface area contributed by atoms with Crippen LogP contribution >= 0.6 is 30.3 Å². The van der Waals surface area contributed by atoms with Gasteiger partial charge in [0.25, 0.3) is 0 Å². The van der Waals surface area contributed by atoms with Crippen molar-refractivity contribution in [1.82, 2.24) is 4.31 Å². The third kappa shape index (κ3) is 7.18. The van der Waals surface area contributed by atoms with Crippen LogP contribution in [0.15, 0.2) is 25.3 Å². The van der Waals surface area contributed by atoms with Gasteiger partial charge in [0.1, 0.15) is 0 Å². The Balaban J connectivity index is 3.30. The van der Waals surface area contributed by atoms with Gasteiger partial charge in [0.05, 0.1) is 0 Å². The second kappa shape index (κ2) is 9.61. The standard InChI is InChI=1S/C9H16INS/c1-3-5-6-7-9-11(12-10)8-4-2/h3-4H,1-2,5-9H2. The van der Waals surface area contributed by atoms with E-state index in [2.05, 4.69) is 38.7 Å². The summed E-state index contributed by atoms with van der Waals surface area (Å²) in [6.45, 7) is 9.54. The van der Waals surface area contributed by atoms with Crippen LogP contribution in [0.3, 0.4) is 0 Å². The van der Waals surface area contributed by atoms with Gasteiger partial charge in [0.2, 0.25) is 0 Å². The Hall–Kier alpha value is 0.520. The van der Waals surface area contributed by atoms with Crippen molar-refractivity contribution in [1.29, 1.82) is 0 Å². The fourth-order valence-corrected chi connectivity index (χ4v) is 2.31. The van der Waals surface area contributed by atoms with Crippen molar-refractivity contribution in [2.75, 3.05) is 13.1 Å². The summed E-state index contributed by atoms with van der Waals surface area (Å²) in [5.41, 5.74) is 0. The minimum Gasteiger partial charge on any atom is -0.238 e. The van der Waals surface area contributed by atoms with Crippen molar-refractivity contribution in [3.05, 3.63) is 25.3 Å². The molecule has 0 aliphatic carbocycles. The first-order chi connectivity index (χ1) is 5.85. The van der Waals surface area contributed by atoms with Crippen molar-refractivity contribution in [2.24, 2.45) is 0 Å². The number of halogens is 1. The summed E-state index contributed by atoms with van der Waals surface area (Å²) in [6, 6.07) is 0. The second-order valence-corrected chi connectivity index (χ2v) is 4.37. The first kappa shape index (κ1) is 12.5. The fourth-order valence-electron chi connectivity index (χ4n) is 0.875. The van der Waals surface area contributed by atoms with E-state index in [1.165, 1.54) is 12.8 Å². The van der Waals surface area contributed by atoms with Crippen LogP contribution < -0.4 is 0 Å². The highest BCUT2D eigenvalue weighted by molar-refractivity contribution is 14.2. The van der Waals surface area contributed by atoms with Crippen LogP contribution in [0.4, 0.5) is 0 Å². The topological polar surface area (TPSA) is 3.24 Å². The molecular formula is C9H16INS. The summed E-state index contributed by atoms with van der Waals surface area (Å²) in [4.78, 5) is 0. The fraction of sp³-hybridized carbons (Fsp3) is 0.556. The highest BCUT2D eigenvalue weighted by Crippen LogP contribution is 2.18. The molecule has 0 amide bonds. The minimum atomic E-state index is 0.974. The SMILES string of the molecule is C=CCCCCN(CC=C)SI. The van der Waals surface area contributed by atoms with Crippen LogP contribution in [-0.2, 0) is 0 Å². The van der Waals surface area contributed by atoms with E-state index in [1.54, 1.807) is 9.12 Å². The van der Waals surface area contributed by atoms with E-state index in [9.17, 15) is 0 Å². The zero-order valence-electron chi connectivity index (χ0n) is 7.34. The van der Waals surface area contributed by atoms with Gasteiger partial charge in [-0.1, -0.05) is 12.2 Å². The first-order valence-electron chi connectivity index (χ1n) is 4.10. The molecule has 0 bridgehead atoms. The number of hydrogen-bond donors (Lipinski definition) is 0. The number of allylic oxidation sites excluding steroid dienone is 1. The van der Waals surface area contributed by atoms with E-state index in [0.717, 1.165) is 19.5 Å². The predicted octanol–water partition coefficient (Wildman–Crippen LogP) is 3.83. The molecule has 70 valence electrons. The zero-order valence-corrected chi connectivity index (χ0v) is 10.3. The molecular weight excluding hydrogens is 281 g/mol. The van der Waals surface area contributed by atoms with Crippen molar-refractivity contribution in [3.8, 4) is 0 Å². The zero-order chi connectivity index (χ0) is 9.23. The molecule has 0 atom stereocenters. The molecule has 12 heavy (non-hydrogen) atoms. The van der Waals surface area contributed by atoms with E-state index in [4.69, 9.17) is 0 Å². The van der Waals surface area contributed by atoms with Crippen molar-refractivity contribution in [2.45, 2.75) is 19.3 Å². The van der Waals surface area contributed by atoms with Gasteiger partial charge >= 0.3 is 0 Å². The van der Waals surface area contributed by atoms with Crippen LogP contribution in [0.25, 0.3) is 0 Å². The molecule has 3 heteroatoms. The van der Waals surface area contributed by atoms with Gasteiger partial charge in [-0.15, -0.1) is 13.2 Å². The molecule has 0 heterocycles. The van der Waals surface area contributed by atoms with Crippen molar-refractivity contribution in [3.63, 3.8) is 0 Å². The summed E-state index contributed by atoms with van der Waals surface area (Å²) in [5.74, 6) is 0. The van der Waals surface area contributed by atoms with E-state index in [0.29, 0.717) is 0 Å². The minimum absolute atomic E-state index is 0.974. The van der Waals surface area contributed by atoms with Gasteiger partial charge in [0, 0.05) is 34.3 Å². The number of nitrogens with zero attached hydrogens (tertiary/aromatic N) is 1.